The number of pyridine rings is 1. The highest BCUT2D eigenvalue weighted by atomic mass is 16.5. The predicted molar refractivity (Wildman–Crippen MR) is 100 cm³/mol. The first-order valence-electron chi connectivity index (χ1n) is 8.81. The number of rotatable bonds is 5. The van der Waals surface area contributed by atoms with E-state index in [1.165, 1.54) is 0 Å². The Morgan fingerprint density at radius 1 is 1.15 bits per heavy atom. The van der Waals surface area contributed by atoms with Crippen molar-refractivity contribution in [3.05, 3.63) is 54.0 Å². The Balaban J connectivity index is 1.73. The summed E-state index contributed by atoms with van der Waals surface area (Å²) in [7, 11) is 1.63. The number of methoxy groups -OCH3 is 1. The number of hydrogen-bond donors (Lipinski definition) is 2. The number of nitrogens with one attached hydrogen (secondary N) is 1. The van der Waals surface area contributed by atoms with Crippen molar-refractivity contribution in [1.82, 2.24) is 15.2 Å². The Labute approximate surface area is 152 Å². The molecule has 0 saturated heterocycles. The molecule has 0 spiro atoms. The summed E-state index contributed by atoms with van der Waals surface area (Å²) >= 11 is 0. The molecule has 1 unspecified atom stereocenters. The molecule has 1 fully saturated rings. The molecule has 1 saturated carbocycles. The van der Waals surface area contributed by atoms with Gasteiger partial charge in [-0.15, -0.1) is 5.10 Å². The van der Waals surface area contributed by atoms with Crippen LogP contribution < -0.4 is 10.1 Å². The lowest BCUT2D eigenvalue weighted by atomic mass is 9.75. The largest absolute Gasteiger partial charge is 0.495 e. The van der Waals surface area contributed by atoms with Crippen LogP contribution in [-0.2, 0) is 0 Å². The Bertz CT molecular complexity index is 925. The molecule has 6 nitrogen and oxygen atoms in total. The van der Waals surface area contributed by atoms with Gasteiger partial charge in [0.15, 0.2) is 5.82 Å². The monoisotopic (exact) mass is 350 g/mol. The van der Waals surface area contributed by atoms with Gasteiger partial charge in [0, 0.05) is 17.0 Å². The second-order valence-corrected chi connectivity index (χ2v) is 6.85. The third-order valence-electron chi connectivity index (χ3n) is 5.11. The van der Waals surface area contributed by atoms with Crippen molar-refractivity contribution in [2.75, 3.05) is 12.4 Å². The predicted octanol–water partition coefficient (Wildman–Crippen LogP) is 3.27. The molecule has 26 heavy (non-hydrogen) atoms. The van der Waals surface area contributed by atoms with E-state index in [2.05, 4.69) is 32.6 Å². The zero-order valence-electron chi connectivity index (χ0n) is 14.9. The summed E-state index contributed by atoms with van der Waals surface area (Å²) in [4.78, 5) is 4.29. The first kappa shape index (κ1) is 16.7. The number of benzene rings is 1. The number of aliphatic hydroxyl groups excluding tert-OH is 1. The summed E-state index contributed by atoms with van der Waals surface area (Å²) < 4.78 is 5.33. The van der Waals surface area contributed by atoms with Crippen LogP contribution in [0.15, 0.2) is 42.7 Å². The lowest BCUT2D eigenvalue weighted by Crippen LogP contribution is -2.36. The highest BCUT2D eigenvalue weighted by molar-refractivity contribution is 5.93. The van der Waals surface area contributed by atoms with E-state index in [1.54, 1.807) is 13.3 Å². The van der Waals surface area contributed by atoms with Crippen molar-refractivity contribution in [1.29, 1.82) is 0 Å². The van der Waals surface area contributed by atoms with Gasteiger partial charge in [-0.1, -0.05) is 24.3 Å². The molecular weight excluding hydrogens is 328 g/mol. The normalized spacial score (nSPS) is 20.4. The Morgan fingerprint density at radius 2 is 1.92 bits per heavy atom. The number of aliphatic hydroxyl groups is 1. The van der Waals surface area contributed by atoms with E-state index in [0.29, 0.717) is 11.7 Å². The van der Waals surface area contributed by atoms with Crippen molar-refractivity contribution in [3.63, 3.8) is 0 Å². The summed E-state index contributed by atoms with van der Waals surface area (Å²) in [5.74, 6) is 1.77. The van der Waals surface area contributed by atoms with E-state index in [0.717, 1.165) is 40.7 Å². The molecule has 6 heteroatoms. The minimum absolute atomic E-state index is 0.0126. The van der Waals surface area contributed by atoms with Crippen molar-refractivity contribution in [2.24, 2.45) is 5.92 Å². The van der Waals surface area contributed by atoms with Gasteiger partial charge in [-0.05, 0) is 37.3 Å². The zero-order chi connectivity index (χ0) is 18.1. The van der Waals surface area contributed by atoms with E-state index in [9.17, 15) is 5.11 Å². The fourth-order valence-electron chi connectivity index (χ4n) is 3.58. The molecule has 1 aliphatic rings. The molecule has 134 valence electrons. The van der Waals surface area contributed by atoms with Gasteiger partial charge in [-0.2, -0.15) is 5.10 Å². The summed E-state index contributed by atoms with van der Waals surface area (Å²) in [5, 5.41) is 24.2. The van der Waals surface area contributed by atoms with Crippen LogP contribution in [0.1, 0.15) is 30.1 Å². The molecule has 4 rings (SSSR count). The van der Waals surface area contributed by atoms with Gasteiger partial charge in [-0.3, -0.25) is 4.98 Å². The molecule has 2 N–H and O–H groups in total. The van der Waals surface area contributed by atoms with Crippen molar-refractivity contribution < 1.29 is 9.84 Å². The summed E-state index contributed by atoms with van der Waals surface area (Å²) in [6.45, 7) is 1.96. The minimum Gasteiger partial charge on any atom is -0.495 e. The quantitative estimate of drug-likeness (QED) is 0.735. The highest BCUT2D eigenvalue weighted by Crippen LogP contribution is 2.41. The van der Waals surface area contributed by atoms with Crippen LogP contribution in [0.25, 0.3) is 10.8 Å². The topological polar surface area (TPSA) is 80.2 Å². The van der Waals surface area contributed by atoms with E-state index in [-0.39, 0.29) is 12.1 Å². The van der Waals surface area contributed by atoms with Gasteiger partial charge in [-0.25, -0.2) is 0 Å². The number of aryl methyl sites for hydroxylation is 1. The van der Waals surface area contributed by atoms with Gasteiger partial charge in [0.25, 0.3) is 0 Å². The first-order chi connectivity index (χ1) is 12.7. The molecule has 0 bridgehead atoms. The maximum atomic E-state index is 9.79. The number of fused-ring (bicyclic) bond motifs is 1. The molecule has 1 atom stereocenters. The third kappa shape index (κ3) is 3.08. The van der Waals surface area contributed by atoms with Crippen LogP contribution in [-0.4, -0.2) is 33.5 Å². The molecule has 0 aliphatic heterocycles. The first-order valence-corrected chi connectivity index (χ1v) is 8.81. The Kier molecular flexibility index (Phi) is 4.42. The second-order valence-electron chi connectivity index (χ2n) is 6.85. The molecule has 2 aromatic heterocycles. The number of aromatic nitrogens is 3. The zero-order valence-corrected chi connectivity index (χ0v) is 14.9. The van der Waals surface area contributed by atoms with E-state index in [1.807, 2.05) is 31.3 Å². The summed E-state index contributed by atoms with van der Waals surface area (Å²) in [5.41, 5.74) is 1.93. The number of ether oxygens (including phenoxy) is 1. The molecular formula is C20H22N4O2. The summed E-state index contributed by atoms with van der Waals surface area (Å²) in [6, 6.07) is 10.1. The SMILES string of the molecule is COc1cncc(C(Nc2nnc(C)c3ccccc23)C2CC(O)C2)c1. The molecule has 1 aromatic carbocycles. The number of anilines is 1. The Hall–Kier alpha value is -2.73. The van der Waals surface area contributed by atoms with Crippen LogP contribution in [0, 0.1) is 12.8 Å². The van der Waals surface area contributed by atoms with Crippen LogP contribution in [0.2, 0.25) is 0 Å². The third-order valence-corrected chi connectivity index (χ3v) is 5.11. The average molecular weight is 350 g/mol. The van der Waals surface area contributed by atoms with Crippen LogP contribution in [0.4, 0.5) is 5.82 Å². The summed E-state index contributed by atoms with van der Waals surface area (Å²) in [6.07, 6.45) is 4.81. The maximum Gasteiger partial charge on any atom is 0.157 e. The van der Waals surface area contributed by atoms with Crippen molar-refractivity contribution >= 4 is 16.6 Å². The molecule has 1 aliphatic carbocycles. The Morgan fingerprint density at radius 3 is 2.65 bits per heavy atom. The molecule has 0 radical (unpaired) electrons. The van der Waals surface area contributed by atoms with Gasteiger partial charge in [0.1, 0.15) is 5.75 Å². The van der Waals surface area contributed by atoms with Crippen molar-refractivity contribution in [2.45, 2.75) is 31.9 Å². The standard InChI is InChI=1S/C20H22N4O2/c1-12-17-5-3-4-6-18(17)20(24-23-12)22-19(13-7-15(25)8-13)14-9-16(26-2)11-21-10-14/h3-6,9-11,13,15,19,25H,7-8H2,1-2H3,(H,22,24). The van der Waals surface area contributed by atoms with Crippen LogP contribution in [0.5, 0.6) is 5.75 Å². The molecule has 0 amide bonds. The van der Waals surface area contributed by atoms with Gasteiger partial charge >= 0.3 is 0 Å². The minimum atomic E-state index is -0.233. The van der Waals surface area contributed by atoms with Crippen LogP contribution in [0.3, 0.4) is 0 Å². The van der Waals surface area contributed by atoms with Gasteiger partial charge in [0.05, 0.1) is 31.1 Å². The van der Waals surface area contributed by atoms with E-state index in [4.69, 9.17) is 4.74 Å². The lowest BCUT2D eigenvalue weighted by molar-refractivity contribution is 0.0339. The van der Waals surface area contributed by atoms with E-state index < -0.39 is 0 Å². The van der Waals surface area contributed by atoms with Gasteiger partial charge in [0.2, 0.25) is 0 Å². The molecule has 2 heterocycles. The number of nitrogens with zero attached hydrogens (tertiary/aromatic N) is 3. The fraction of sp³-hybridized carbons (Fsp3) is 0.350. The lowest BCUT2D eigenvalue weighted by Gasteiger charge is -2.38. The average Bonchev–Trinajstić information content (AvgIpc) is 2.66. The van der Waals surface area contributed by atoms with E-state index >= 15 is 0 Å². The number of hydrogen-bond acceptors (Lipinski definition) is 6. The fourth-order valence-corrected chi connectivity index (χ4v) is 3.58. The molecule has 3 aromatic rings. The van der Waals surface area contributed by atoms with Crippen molar-refractivity contribution in [3.8, 4) is 5.75 Å². The second kappa shape index (κ2) is 6.88. The maximum absolute atomic E-state index is 9.79. The highest BCUT2D eigenvalue weighted by Gasteiger charge is 2.35. The van der Waals surface area contributed by atoms with Gasteiger partial charge < -0.3 is 15.2 Å². The smallest absolute Gasteiger partial charge is 0.157 e. The van der Waals surface area contributed by atoms with Crippen LogP contribution >= 0.6 is 0 Å².